The van der Waals surface area contributed by atoms with Gasteiger partial charge in [0.25, 0.3) is 5.91 Å². The fraction of sp³-hybridized carbons (Fsp3) is 0.600. The Morgan fingerprint density at radius 2 is 1.74 bits per heavy atom. The van der Waals surface area contributed by atoms with Crippen LogP contribution in [0.1, 0.15) is 16.8 Å². The van der Waals surface area contributed by atoms with E-state index < -0.39 is 0 Å². The van der Waals surface area contributed by atoms with Crippen molar-refractivity contribution in [3.05, 3.63) is 29.8 Å². The smallest absolute Gasteiger partial charge is 0.257 e. The quantitative estimate of drug-likeness (QED) is 0.741. The van der Waals surface area contributed by atoms with Crippen molar-refractivity contribution in [1.29, 1.82) is 0 Å². The Balaban J connectivity index is 1.51. The van der Waals surface area contributed by atoms with Crippen LogP contribution in [0.4, 0.5) is 0 Å². The summed E-state index contributed by atoms with van der Waals surface area (Å²) in [5, 5.41) is 0. The van der Waals surface area contributed by atoms with E-state index in [9.17, 15) is 9.59 Å². The Bertz CT molecular complexity index is 658. The minimum absolute atomic E-state index is 0.0360. The van der Waals surface area contributed by atoms with Gasteiger partial charge < -0.3 is 24.2 Å². The van der Waals surface area contributed by atoms with Crippen molar-refractivity contribution in [3.8, 4) is 5.75 Å². The second-order valence-electron chi connectivity index (χ2n) is 7.10. The van der Waals surface area contributed by atoms with Gasteiger partial charge in [-0.15, -0.1) is 0 Å². The third kappa shape index (κ3) is 4.59. The maximum Gasteiger partial charge on any atom is 0.257 e. The Morgan fingerprint density at radius 3 is 2.44 bits per heavy atom. The van der Waals surface area contributed by atoms with Gasteiger partial charge in [0.1, 0.15) is 5.75 Å². The van der Waals surface area contributed by atoms with Crippen LogP contribution < -0.4 is 4.74 Å². The molecule has 0 radical (unpaired) electrons. The number of para-hydroxylation sites is 1. The Morgan fingerprint density at radius 1 is 1.04 bits per heavy atom. The first-order valence-electron chi connectivity index (χ1n) is 9.56. The lowest BCUT2D eigenvalue weighted by Crippen LogP contribution is -2.52. The van der Waals surface area contributed by atoms with Gasteiger partial charge in [-0.05, 0) is 25.1 Å². The molecule has 0 unspecified atom stereocenters. The molecule has 2 amide bonds. The second-order valence-corrected chi connectivity index (χ2v) is 7.10. The standard InChI is InChI=1S/C20H29N3O4/c1-26-14-13-21-8-7-16(15-21)19(24)22-9-11-23(12-10-22)20(25)17-5-3-4-6-18(17)27-2/h3-6,16H,7-15H2,1-2H3/t16-/m0/s1. The molecule has 0 saturated carbocycles. The van der Waals surface area contributed by atoms with E-state index in [0.717, 1.165) is 26.1 Å². The highest BCUT2D eigenvalue weighted by atomic mass is 16.5. The summed E-state index contributed by atoms with van der Waals surface area (Å²) in [4.78, 5) is 31.6. The number of nitrogens with zero attached hydrogens (tertiary/aromatic N) is 3. The molecule has 27 heavy (non-hydrogen) atoms. The number of hydrogen-bond donors (Lipinski definition) is 0. The van der Waals surface area contributed by atoms with E-state index in [1.54, 1.807) is 31.3 Å². The number of carbonyl (C=O) groups is 2. The summed E-state index contributed by atoms with van der Waals surface area (Å²) in [5.74, 6) is 0.840. The van der Waals surface area contributed by atoms with Gasteiger partial charge in [0.15, 0.2) is 0 Å². The highest BCUT2D eigenvalue weighted by Gasteiger charge is 2.33. The third-order valence-corrected chi connectivity index (χ3v) is 5.45. The van der Waals surface area contributed by atoms with Gasteiger partial charge >= 0.3 is 0 Å². The number of rotatable bonds is 6. The van der Waals surface area contributed by atoms with Gasteiger partial charge in [-0.1, -0.05) is 12.1 Å². The summed E-state index contributed by atoms with van der Waals surface area (Å²) in [6.45, 7) is 5.63. The molecule has 0 N–H and O–H groups in total. The van der Waals surface area contributed by atoms with Crippen LogP contribution in [-0.2, 0) is 9.53 Å². The van der Waals surface area contributed by atoms with Crippen LogP contribution in [-0.4, -0.2) is 93.2 Å². The molecule has 0 bridgehead atoms. The molecule has 2 heterocycles. The van der Waals surface area contributed by atoms with Crippen LogP contribution in [0.15, 0.2) is 24.3 Å². The maximum absolute atomic E-state index is 12.8. The molecular weight excluding hydrogens is 346 g/mol. The summed E-state index contributed by atoms with van der Waals surface area (Å²) in [7, 11) is 3.27. The minimum Gasteiger partial charge on any atom is -0.496 e. The molecule has 0 aliphatic carbocycles. The average Bonchev–Trinajstić information content (AvgIpc) is 3.20. The fourth-order valence-electron chi connectivity index (χ4n) is 3.84. The molecule has 3 rings (SSSR count). The van der Waals surface area contributed by atoms with Crippen molar-refractivity contribution < 1.29 is 19.1 Å². The molecule has 2 aliphatic rings. The van der Waals surface area contributed by atoms with E-state index in [1.807, 2.05) is 17.0 Å². The molecule has 1 atom stereocenters. The topological polar surface area (TPSA) is 62.3 Å². The summed E-state index contributed by atoms with van der Waals surface area (Å²) >= 11 is 0. The van der Waals surface area contributed by atoms with Crippen molar-refractivity contribution in [2.24, 2.45) is 5.92 Å². The van der Waals surface area contributed by atoms with E-state index in [2.05, 4.69) is 4.90 Å². The zero-order valence-electron chi connectivity index (χ0n) is 16.2. The fourth-order valence-corrected chi connectivity index (χ4v) is 3.84. The zero-order chi connectivity index (χ0) is 19.2. The number of hydrogen-bond acceptors (Lipinski definition) is 5. The van der Waals surface area contributed by atoms with Crippen molar-refractivity contribution in [2.45, 2.75) is 6.42 Å². The summed E-state index contributed by atoms with van der Waals surface area (Å²) in [6, 6.07) is 7.27. The number of likely N-dealkylation sites (tertiary alicyclic amines) is 1. The van der Waals surface area contributed by atoms with Crippen molar-refractivity contribution in [1.82, 2.24) is 14.7 Å². The summed E-state index contributed by atoms with van der Waals surface area (Å²) in [6.07, 6.45) is 0.906. The van der Waals surface area contributed by atoms with Crippen LogP contribution in [0, 0.1) is 5.92 Å². The van der Waals surface area contributed by atoms with Gasteiger partial charge in [0, 0.05) is 46.4 Å². The second kappa shape index (κ2) is 9.19. The average molecular weight is 375 g/mol. The van der Waals surface area contributed by atoms with Crippen LogP contribution in [0.5, 0.6) is 5.75 Å². The third-order valence-electron chi connectivity index (χ3n) is 5.45. The van der Waals surface area contributed by atoms with Crippen molar-refractivity contribution in [2.75, 3.05) is 66.6 Å². The first-order valence-corrected chi connectivity index (χ1v) is 9.56. The van der Waals surface area contributed by atoms with E-state index in [4.69, 9.17) is 9.47 Å². The first-order chi connectivity index (χ1) is 13.1. The minimum atomic E-state index is -0.0360. The lowest BCUT2D eigenvalue weighted by atomic mass is 10.1. The molecule has 7 heteroatoms. The van der Waals surface area contributed by atoms with E-state index in [1.165, 1.54) is 0 Å². The van der Waals surface area contributed by atoms with Gasteiger partial charge in [-0.25, -0.2) is 0 Å². The molecule has 148 valence electrons. The monoisotopic (exact) mass is 375 g/mol. The lowest BCUT2D eigenvalue weighted by Gasteiger charge is -2.36. The first kappa shape index (κ1) is 19.6. The molecular formula is C20H29N3O4. The van der Waals surface area contributed by atoms with Gasteiger partial charge in [-0.2, -0.15) is 0 Å². The number of methoxy groups -OCH3 is 2. The number of carbonyl (C=O) groups excluding carboxylic acids is 2. The molecule has 7 nitrogen and oxygen atoms in total. The SMILES string of the molecule is COCCN1CC[C@H](C(=O)N2CCN(C(=O)c3ccccc3OC)CC2)C1. The van der Waals surface area contributed by atoms with Gasteiger partial charge in [0.05, 0.1) is 25.2 Å². The van der Waals surface area contributed by atoms with E-state index >= 15 is 0 Å². The Kier molecular flexibility index (Phi) is 6.68. The van der Waals surface area contributed by atoms with Crippen LogP contribution in [0.2, 0.25) is 0 Å². The molecule has 2 aliphatic heterocycles. The van der Waals surface area contributed by atoms with Gasteiger partial charge in [-0.3, -0.25) is 9.59 Å². The Labute approximate surface area is 160 Å². The van der Waals surface area contributed by atoms with Crippen LogP contribution >= 0.6 is 0 Å². The predicted molar refractivity (Wildman–Crippen MR) is 102 cm³/mol. The number of ether oxygens (including phenoxy) is 2. The molecule has 2 fully saturated rings. The summed E-state index contributed by atoms with van der Waals surface area (Å²) in [5.41, 5.74) is 0.573. The van der Waals surface area contributed by atoms with E-state index in [0.29, 0.717) is 44.1 Å². The predicted octanol–water partition coefficient (Wildman–Crippen LogP) is 0.948. The zero-order valence-corrected chi connectivity index (χ0v) is 16.2. The van der Waals surface area contributed by atoms with Crippen molar-refractivity contribution in [3.63, 3.8) is 0 Å². The molecule has 1 aromatic rings. The normalized spacial score (nSPS) is 20.7. The Hall–Kier alpha value is -2.12. The van der Waals surface area contributed by atoms with Gasteiger partial charge in [0.2, 0.25) is 5.91 Å². The molecule has 0 spiro atoms. The number of amides is 2. The number of piperazine rings is 1. The lowest BCUT2D eigenvalue weighted by molar-refractivity contribution is -0.136. The highest BCUT2D eigenvalue weighted by molar-refractivity contribution is 5.97. The molecule has 1 aromatic carbocycles. The van der Waals surface area contributed by atoms with Crippen LogP contribution in [0.25, 0.3) is 0 Å². The van der Waals surface area contributed by atoms with E-state index in [-0.39, 0.29) is 17.7 Å². The largest absolute Gasteiger partial charge is 0.496 e. The molecule has 0 aromatic heterocycles. The highest BCUT2D eigenvalue weighted by Crippen LogP contribution is 2.22. The molecule has 2 saturated heterocycles. The maximum atomic E-state index is 12.8. The number of benzene rings is 1. The van der Waals surface area contributed by atoms with Crippen molar-refractivity contribution >= 4 is 11.8 Å². The summed E-state index contributed by atoms with van der Waals surface area (Å²) < 4.78 is 10.4. The van der Waals surface area contributed by atoms with Crippen LogP contribution in [0.3, 0.4) is 0 Å².